The summed E-state index contributed by atoms with van der Waals surface area (Å²) in [5, 5.41) is 14.4. The van der Waals surface area contributed by atoms with Gasteiger partial charge >= 0.3 is 0 Å². The van der Waals surface area contributed by atoms with Gasteiger partial charge in [-0.05, 0) is 49.1 Å². The molecule has 1 fully saturated rings. The van der Waals surface area contributed by atoms with E-state index in [-0.39, 0.29) is 17.7 Å². The molecule has 1 saturated heterocycles. The van der Waals surface area contributed by atoms with Crippen LogP contribution in [0.3, 0.4) is 0 Å². The molecule has 2 amide bonds. The van der Waals surface area contributed by atoms with Gasteiger partial charge in [0.15, 0.2) is 12.4 Å². The number of nitrogens with zero attached hydrogens (tertiary/aromatic N) is 2. The second-order valence-electron chi connectivity index (χ2n) is 7.96. The van der Waals surface area contributed by atoms with Crippen molar-refractivity contribution in [3.8, 4) is 11.1 Å². The number of likely N-dealkylation sites (tertiary alicyclic amines) is 1. The largest absolute Gasteiger partial charge is 0.619 e. The van der Waals surface area contributed by atoms with Gasteiger partial charge in [0, 0.05) is 30.8 Å². The molecule has 3 aromatic rings. The van der Waals surface area contributed by atoms with E-state index >= 15 is 0 Å². The third-order valence-corrected chi connectivity index (χ3v) is 5.68. The summed E-state index contributed by atoms with van der Waals surface area (Å²) in [5.41, 5.74) is 4.60. The second kappa shape index (κ2) is 9.00. The highest BCUT2D eigenvalue weighted by molar-refractivity contribution is 5.95. The van der Waals surface area contributed by atoms with Crippen molar-refractivity contribution in [1.29, 1.82) is 0 Å². The molecule has 1 aromatic heterocycles. The number of carbonyl (C=O) groups is 2. The maximum atomic E-state index is 12.7. The van der Waals surface area contributed by atoms with Crippen molar-refractivity contribution in [2.24, 2.45) is 5.92 Å². The predicted molar refractivity (Wildman–Crippen MR) is 119 cm³/mol. The van der Waals surface area contributed by atoms with E-state index in [1.165, 1.54) is 18.0 Å². The van der Waals surface area contributed by atoms with Crippen LogP contribution in [0.5, 0.6) is 0 Å². The summed E-state index contributed by atoms with van der Waals surface area (Å²) in [6.45, 7) is 3.06. The first-order valence-corrected chi connectivity index (χ1v) is 10.5. The molecule has 2 heterocycles. The molecule has 0 unspecified atom stereocenters. The minimum absolute atomic E-state index is 0.0208. The standard InChI is InChI=1S/C25H25N3O3/c1-18-4-2-5-21(16-18)19-7-9-23(10-8-19)26-24(29)20-11-14-27(15-12-20)25(30)22-6-3-13-28(31)17-22/h2-10,13,16-17,20H,11-12,14-15H2,1H3,(H,26,29). The van der Waals surface area contributed by atoms with Crippen molar-refractivity contribution in [1.82, 2.24) is 4.90 Å². The molecule has 0 spiro atoms. The number of carbonyl (C=O) groups excluding carboxylic acids is 2. The molecule has 2 aromatic carbocycles. The summed E-state index contributed by atoms with van der Waals surface area (Å²) in [7, 11) is 0. The Hall–Kier alpha value is -3.67. The van der Waals surface area contributed by atoms with Gasteiger partial charge in [0.25, 0.3) is 5.91 Å². The fourth-order valence-corrected chi connectivity index (χ4v) is 3.92. The summed E-state index contributed by atoms with van der Waals surface area (Å²) in [6.07, 6.45) is 3.83. The molecule has 0 bridgehead atoms. The van der Waals surface area contributed by atoms with Gasteiger partial charge in [-0.1, -0.05) is 42.0 Å². The maximum Gasteiger partial charge on any atom is 0.259 e. The minimum atomic E-state index is -0.171. The average molecular weight is 415 g/mol. The highest BCUT2D eigenvalue weighted by atomic mass is 16.5. The van der Waals surface area contributed by atoms with E-state index in [2.05, 4.69) is 30.4 Å². The lowest BCUT2D eigenvalue weighted by Crippen LogP contribution is -2.42. The van der Waals surface area contributed by atoms with Gasteiger partial charge in [-0.15, -0.1) is 0 Å². The summed E-state index contributed by atoms with van der Waals surface area (Å²) in [6, 6.07) is 19.4. The number of pyridine rings is 1. The Morgan fingerprint density at radius 3 is 2.42 bits per heavy atom. The van der Waals surface area contributed by atoms with Crippen LogP contribution in [0, 0.1) is 18.0 Å². The molecule has 0 atom stereocenters. The zero-order valence-corrected chi connectivity index (χ0v) is 17.5. The lowest BCUT2D eigenvalue weighted by atomic mass is 9.95. The normalized spacial score (nSPS) is 14.3. The SMILES string of the molecule is Cc1cccc(-c2ccc(NC(=O)C3CCN(C(=O)c4ccc[n+]([O-])c4)CC3)cc2)c1. The number of nitrogens with one attached hydrogen (secondary N) is 1. The maximum absolute atomic E-state index is 12.7. The average Bonchev–Trinajstić information content (AvgIpc) is 2.79. The van der Waals surface area contributed by atoms with Gasteiger partial charge in [-0.25, -0.2) is 0 Å². The number of amides is 2. The molecule has 1 aliphatic rings. The van der Waals surface area contributed by atoms with Crippen molar-refractivity contribution in [2.75, 3.05) is 18.4 Å². The van der Waals surface area contributed by atoms with Gasteiger partial charge in [0.05, 0.1) is 0 Å². The number of hydrogen-bond acceptors (Lipinski definition) is 3. The first-order chi connectivity index (χ1) is 15.0. The Morgan fingerprint density at radius 2 is 1.74 bits per heavy atom. The first-order valence-electron chi connectivity index (χ1n) is 10.5. The molecule has 6 heteroatoms. The van der Waals surface area contributed by atoms with E-state index in [0.717, 1.165) is 16.8 Å². The van der Waals surface area contributed by atoms with Crippen LogP contribution in [-0.2, 0) is 4.79 Å². The Labute approximate surface area is 181 Å². The van der Waals surface area contributed by atoms with E-state index in [1.807, 2.05) is 30.3 Å². The fraction of sp³-hybridized carbons (Fsp3) is 0.240. The lowest BCUT2D eigenvalue weighted by Gasteiger charge is -2.31. The summed E-state index contributed by atoms with van der Waals surface area (Å²) >= 11 is 0. The molecule has 158 valence electrons. The number of aryl methyl sites for hydroxylation is 1. The van der Waals surface area contributed by atoms with Crippen LogP contribution in [-0.4, -0.2) is 29.8 Å². The van der Waals surface area contributed by atoms with Crippen LogP contribution in [0.4, 0.5) is 5.69 Å². The van der Waals surface area contributed by atoms with Crippen LogP contribution in [0.25, 0.3) is 11.1 Å². The van der Waals surface area contributed by atoms with E-state index in [4.69, 9.17) is 0 Å². The van der Waals surface area contributed by atoms with Gasteiger partial charge in [-0.2, -0.15) is 4.73 Å². The lowest BCUT2D eigenvalue weighted by molar-refractivity contribution is -0.605. The Kier molecular flexibility index (Phi) is 5.98. The zero-order valence-electron chi connectivity index (χ0n) is 17.5. The Morgan fingerprint density at radius 1 is 1.00 bits per heavy atom. The monoisotopic (exact) mass is 415 g/mol. The predicted octanol–water partition coefficient (Wildman–Crippen LogP) is 3.79. The van der Waals surface area contributed by atoms with Crippen LogP contribution in [0.1, 0.15) is 28.8 Å². The zero-order chi connectivity index (χ0) is 21.8. The Balaban J connectivity index is 1.32. The van der Waals surface area contributed by atoms with Crippen LogP contribution >= 0.6 is 0 Å². The molecular weight excluding hydrogens is 390 g/mol. The topological polar surface area (TPSA) is 76.4 Å². The number of anilines is 1. The van der Waals surface area contributed by atoms with Crippen LogP contribution < -0.4 is 10.0 Å². The number of hydrogen-bond donors (Lipinski definition) is 1. The minimum Gasteiger partial charge on any atom is -0.619 e. The highest BCUT2D eigenvalue weighted by Crippen LogP contribution is 2.24. The van der Waals surface area contributed by atoms with Crippen molar-refractivity contribution >= 4 is 17.5 Å². The van der Waals surface area contributed by atoms with Gasteiger partial charge < -0.3 is 15.4 Å². The van der Waals surface area contributed by atoms with E-state index in [0.29, 0.717) is 36.2 Å². The van der Waals surface area contributed by atoms with Crippen LogP contribution in [0.2, 0.25) is 0 Å². The molecular formula is C25H25N3O3. The van der Waals surface area contributed by atoms with E-state index < -0.39 is 0 Å². The van der Waals surface area contributed by atoms with Crippen molar-refractivity contribution in [3.05, 3.63) is 89.4 Å². The fourth-order valence-electron chi connectivity index (χ4n) is 3.92. The van der Waals surface area contributed by atoms with Crippen molar-refractivity contribution in [2.45, 2.75) is 19.8 Å². The number of aromatic nitrogens is 1. The third kappa shape index (κ3) is 4.91. The van der Waals surface area contributed by atoms with E-state index in [1.54, 1.807) is 17.0 Å². The summed E-state index contributed by atoms with van der Waals surface area (Å²) < 4.78 is 0.623. The molecule has 31 heavy (non-hydrogen) atoms. The number of piperidine rings is 1. The molecule has 6 nitrogen and oxygen atoms in total. The molecule has 0 aliphatic carbocycles. The van der Waals surface area contributed by atoms with Gasteiger partial charge in [-0.3, -0.25) is 9.59 Å². The summed E-state index contributed by atoms with van der Waals surface area (Å²) in [4.78, 5) is 27.0. The Bertz CT molecular complexity index is 1090. The number of rotatable bonds is 4. The van der Waals surface area contributed by atoms with E-state index in [9.17, 15) is 14.8 Å². The third-order valence-electron chi connectivity index (χ3n) is 5.68. The molecule has 1 aliphatic heterocycles. The molecule has 4 rings (SSSR count). The summed E-state index contributed by atoms with van der Waals surface area (Å²) in [5.74, 6) is -0.330. The molecule has 0 saturated carbocycles. The van der Waals surface area contributed by atoms with Gasteiger partial charge in [0.1, 0.15) is 5.56 Å². The second-order valence-corrected chi connectivity index (χ2v) is 7.96. The first kappa shape index (κ1) is 20.6. The number of benzene rings is 2. The van der Waals surface area contributed by atoms with Crippen molar-refractivity contribution < 1.29 is 14.3 Å². The molecule has 0 radical (unpaired) electrons. The van der Waals surface area contributed by atoms with Crippen LogP contribution in [0.15, 0.2) is 73.1 Å². The smallest absolute Gasteiger partial charge is 0.259 e. The van der Waals surface area contributed by atoms with Crippen molar-refractivity contribution in [3.63, 3.8) is 0 Å². The molecule has 1 N–H and O–H groups in total. The van der Waals surface area contributed by atoms with Gasteiger partial charge in [0.2, 0.25) is 5.91 Å². The highest BCUT2D eigenvalue weighted by Gasteiger charge is 2.28. The quantitative estimate of drug-likeness (QED) is 0.520.